The normalized spacial score (nSPS) is 18.7. The number of hydrogen-bond acceptors (Lipinski definition) is 3. The highest BCUT2D eigenvalue weighted by molar-refractivity contribution is 5.94. The molecule has 6 heteroatoms. The van der Waals surface area contributed by atoms with Crippen molar-refractivity contribution in [2.24, 2.45) is 5.92 Å². The molecule has 1 N–H and O–H groups in total. The van der Waals surface area contributed by atoms with Crippen LogP contribution in [0, 0.1) is 5.92 Å². The number of nitrogens with zero attached hydrogens (tertiary/aromatic N) is 2. The molecule has 2 aliphatic rings. The zero-order valence-electron chi connectivity index (χ0n) is 11.8. The van der Waals surface area contributed by atoms with Crippen molar-refractivity contribution in [3.63, 3.8) is 0 Å². The average molecular weight is 310 g/mol. The number of hydrogen-bond donors (Lipinski definition) is 1. The Bertz CT molecular complexity index is 497. The van der Waals surface area contributed by atoms with Crippen LogP contribution in [0.5, 0.6) is 0 Å². The molecule has 0 saturated carbocycles. The summed E-state index contributed by atoms with van der Waals surface area (Å²) in [6.45, 7) is 4.13. The van der Waals surface area contributed by atoms with Gasteiger partial charge in [0, 0.05) is 44.8 Å². The summed E-state index contributed by atoms with van der Waals surface area (Å²) in [4.78, 5) is 28.1. The smallest absolute Gasteiger partial charge is 0.253 e. The van der Waals surface area contributed by atoms with Crippen LogP contribution in [0.1, 0.15) is 10.4 Å². The van der Waals surface area contributed by atoms with Gasteiger partial charge in [-0.2, -0.15) is 0 Å². The Balaban J connectivity index is 0.00000161. The minimum atomic E-state index is 0. The maximum Gasteiger partial charge on any atom is 0.253 e. The number of halogens is 1. The number of nitrogens with one attached hydrogen (secondary N) is 1. The molecule has 2 fully saturated rings. The topological polar surface area (TPSA) is 52.7 Å². The van der Waals surface area contributed by atoms with E-state index in [0.717, 1.165) is 18.7 Å². The van der Waals surface area contributed by atoms with E-state index >= 15 is 0 Å². The molecule has 2 heterocycles. The molecule has 1 aromatic rings. The standard InChI is InChI=1S/C15H19N3O2.ClH/c19-14(12-4-2-1-3-5-12)17-6-8-18(9-7-17)15(20)13-10-16-11-13;/h1-5,13,16H,6-11H2;1H. The molecule has 114 valence electrons. The fourth-order valence-corrected chi connectivity index (χ4v) is 2.61. The molecule has 0 unspecified atom stereocenters. The van der Waals surface area contributed by atoms with Crippen LogP contribution in [0.2, 0.25) is 0 Å². The maximum absolute atomic E-state index is 12.3. The molecule has 5 nitrogen and oxygen atoms in total. The third kappa shape index (κ3) is 3.36. The van der Waals surface area contributed by atoms with Crippen LogP contribution in [0.25, 0.3) is 0 Å². The Kier molecular flexibility index (Phi) is 5.20. The molecule has 2 aliphatic heterocycles. The van der Waals surface area contributed by atoms with Gasteiger partial charge >= 0.3 is 0 Å². The van der Waals surface area contributed by atoms with E-state index in [2.05, 4.69) is 5.32 Å². The molecule has 0 radical (unpaired) electrons. The van der Waals surface area contributed by atoms with Gasteiger partial charge in [0.15, 0.2) is 0 Å². The SMILES string of the molecule is Cl.O=C(c1ccccc1)N1CCN(C(=O)C2CNC2)CC1. The highest BCUT2D eigenvalue weighted by atomic mass is 35.5. The van der Waals surface area contributed by atoms with Crippen LogP contribution in [0.15, 0.2) is 30.3 Å². The first kappa shape index (κ1) is 15.8. The molecule has 1 aromatic carbocycles. The lowest BCUT2D eigenvalue weighted by atomic mass is 10.0. The lowest BCUT2D eigenvalue weighted by Crippen LogP contribution is -2.57. The van der Waals surface area contributed by atoms with Crippen molar-refractivity contribution < 1.29 is 9.59 Å². The first-order valence-corrected chi connectivity index (χ1v) is 7.09. The molecule has 0 spiro atoms. The second-order valence-corrected chi connectivity index (χ2v) is 5.34. The fraction of sp³-hybridized carbons (Fsp3) is 0.467. The van der Waals surface area contributed by atoms with Gasteiger partial charge in [-0.3, -0.25) is 9.59 Å². The van der Waals surface area contributed by atoms with Gasteiger partial charge in [0.1, 0.15) is 0 Å². The molecule has 2 amide bonds. The summed E-state index contributed by atoms with van der Waals surface area (Å²) in [5, 5.41) is 3.12. The number of benzene rings is 1. The van der Waals surface area contributed by atoms with Gasteiger partial charge in [0.25, 0.3) is 5.91 Å². The fourth-order valence-electron chi connectivity index (χ4n) is 2.61. The molecule has 0 atom stereocenters. The summed E-state index contributed by atoms with van der Waals surface area (Å²) >= 11 is 0. The lowest BCUT2D eigenvalue weighted by Gasteiger charge is -2.38. The third-order valence-corrected chi connectivity index (χ3v) is 4.03. The van der Waals surface area contributed by atoms with Crippen LogP contribution < -0.4 is 5.32 Å². The second-order valence-electron chi connectivity index (χ2n) is 5.34. The van der Waals surface area contributed by atoms with Gasteiger partial charge in [-0.15, -0.1) is 12.4 Å². The van der Waals surface area contributed by atoms with Crippen LogP contribution in [-0.2, 0) is 4.79 Å². The molecular weight excluding hydrogens is 290 g/mol. The summed E-state index contributed by atoms with van der Waals surface area (Å²) in [6.07, 6.45) is 0. The van der Waals surface area contributed by atoms with Crippen molar-refractivity contribution in [1.29, 1.82) is 0 Å². The van der Waals surface area contributed by atoms with E-state index in [-0.39, 0.29) is 30.1 Å². The summed E-state index contributed by atoms with van der Waals surface area (Å²) in [5.74, 6) is 0.435. The van der Waals surface area contributed by atoms with Crippen molar-refractivity contribution in [3.8, 4) is 0 Å². The van der Waals surface area contributed by atoms with Crippen LogP contribution >= 0.6 is 12.4 Å². The Labute approximate surface area is 130 Å². The Morgan fingerprint density at radius 3 is 2.05 bits per heavy atom. The number of carbonyl (C=O) groups excluding carboxylic acids is 2. The van der Waals surface area contributed by atoms with E-state index in [0.29, 0.717) is 26.2 Å². The number of amides is 2. The number of rotatable bonds is 2. The highest BCUT2D eigenvalue weighted by Gasteiger charge is 2.31. The molecule has 0 bridgehead atoms. The average Bonchev–Trinajstić information content (AvgIpc) is 2.46. The number of piperazine rings is 1. The van der Waals surface area contributed by atoms with Gasteiger partial charge in [-0.05, 0) is 12.1 Å². The van der Waals surface area contributed by atoms with Crippen LogP contribution in [0.4, 0.5) is 0 Å². The van der Waals surface area contributed by atoms with Crippen LogP contribution in [-0.4, -0.2) is 60.9 Å². The Hall–Kier alpha value is -1.59. The van der Waals surface area contributed by atoms with E-state index in [1.54, 1.807) is 0 Å². The zero-order chi connectivity index (χ0) is 13.9. The van der Waals surface area contributed by atoms with Crippen molar-refractivity contribution in [2.75, 3.05) is 39.3 Å². The first-order chi connectivity index (χ1) is 9.75. The van der Waals surface area contributed by atoms with Crippen molar-refractivity contribution in [2.45, 2.75) is 0 Å². The predicted molar refractivity (Wildman–Crippen MR) is 82.5 cm³/mol. The molecule has 0 aromatic heterocycles. The van der Waals surface area contributed by atoms with Gasteiger partial charge in [0.2, 0.25) is 5.91 Å². The van der Waals surface area contributed by atoms with E-state index < -0.39 is 0 Å². The molecule has 3 rings (SSSR count). The van der Waals surface area contributed by atoms with Crippen LogP contribution in [0.3, 0.4) is 0 Å². The number of carbonyl (C=O) groups is 2. The van der Waals surface area contributed by atoms with E-state index in [1.807, 2.05) is 40.1 Å². The van der Waals surface area contributed by atoms with Gasteiger partial charge in [-0.1, -0.05) is 18.2 Å². The Morgan fingerprint density at radius 2 is 1.52 bits per heavy atom. The maximum atomic E-state index is 12.3. The second kappa shape index (κ2) is 6.91. The van der Waals surface area contributed by atoms with E-state index in [4.69, 9.17) is 0 Å². The Morgan fingerprint density at radius 1 is 0.952 bits per heavy atom. The quantitative estimate of drug-likeness (QED) is 0.871. The lowest BCUT2D eigenvalue weighted by molar-refractivity contribution is -0.138. The molecular formula is C15H20ClN3O2. The first-order valence-electron chi connectivity index (χ1n) is 7.09. The minimum absolute atomic E-state index is 0. The van der Waals surface area contributed by atoms with Crippen molar-refractivity contribution in [1.82, 2.24) is 15.1 Å². The highest BCUT2D eigenvalue weighted by Crippen LogP contribution is 2.13. The summed E-state index contributed by atoms with van der Waals surface area (Å²) < 4.78 is 0. The predicted octanol–water partition coefficient (Wildman–Crippen LogP) is 0.612. The molecule has 21 heavy (non-hydrogen) atoms. The van der Waals surface area contributed by atoms with Gasteiger partial charge < -0.3 is 15.1 Å². The van der Waals surface area contributed by atoms with Crippen molar-refractivity contribution in [3.05, 3.63) is 35.9 Å². The largest absolute Gasteiger partial charge is 0.339 e. The molecule has 2 saturated heterocycles. The van der Waals surface area contributed by atoms with E-state index in [9.17, 15) is 9.59 Å². The minimum Gasteiger partial charge on any atom is -0.339 e. The summed E-state index contributed by atoms with van der Waals surface area (Å²) in [6, 6.07) is 9.31. The third-order valence-electron chi connectivity index (χ3n) is 4.03. The van der Waals surface area contributed by atoms with Gasteiger partial charge in [0.05, 0.1) is 5.92 Å². The van der Waals surface area contributed by atoms with Gasteiger partial charge in [-0.25, -0.2) is 0 Å². The summed E-state index contributed by atoms with van der Waals surface area (Å²) in [7, 11) is 0. The molecule has 0 aliphatic carbocycles. The zero-order valence-corrected chi connectivity index (χ0v) is 12.6. The monoisotopic (exact) mass is 309 g/mol. The van der Waals surface area contributed by atoms with Crippen molar-refractivity contribution >= 4 is 24.2 Å². The van der Waals surface area contributed by atoms with E-state index in [1.165, 1.54) is 0 Å². The summed E-state index contributed by atoms with van der Waals surface area (Å²) in [5.41, 5.74) is 0.718.